The summed E-state index contributed by atoms with van der Waals surface area (Å²) in [6, 6.07) is 13.2. The van der Waals surface area contributed by atoms with Gasteiger partial charge in [0, 0.05) is 25.7 Å². The highest BCUT2D eigenvalue weighted by Gasteiger charge is 2.18. The van der Waals surface area contributed by atoms with Crippen molar-refractivity contribution in [3.63, 3.8) is 0 Å². The number of piperazine rings is 1. The molecule has 0 unspecified atom stereocenters. The topological polar surface area (TPSA) is 39.1 Å². The summed E-state index contributed by atoms with van der Waals surface area (Å²) in [5.41, 5.74) is 1.36. The van der Waals surface area contributed by atoms with E-state index in [1.807, 2.05) is 6.07 Å². The second kappa shape index (κ2) is 5.64. The SMILES string of the molecule is N#CCN1CCN[C@H](Cc2ccccc2)C1. The van der Waals surface area contributed by atoms with Crippen molar-refractivity contribution in [2.45, 2.75) is 12.5 Å². The van der Waals surface area contributed by atoms with Gasteiger partial charge >= 0.3 is 0 Å². The zero-order chi connectivity index (χ0) is 11.2. The van der Waals surface area contributed by atoms with Gasteiger partial charge in [0.05, 0.1) is 12.6 Å². The van der Waals surface area contributed by atoms with Crippen molar-refractivity contribution in [2.75, 3.05) is 26.2 Å². The van der Waals surface area contributed by atoms with E-state index in [9.17, 15) is 0 Å². The smallest absolute Gasteiger partial charge is 0.0866 e. The van der Waals surface area contributed by atoms with Crippen molar-refractivity contribution >= 4 is 0 Å². The average Bonchev–Trinajstić information content (AvgIpc) is 2.31. The first-order valence-corrected chi connectivity index (χ1v) is 5.75. The van der Waals surface area contributed by atoms with Gasteiger partial charge in [-0.2, -0.15) is 5.26 Å². The second-order valence-electron chi connectivity index (χ2n) is 4.23. The third-order valence-corrected chi connectivity index (χ3v) is 2.96. The minimum Gasteiger partial charge on any atom is -0.311 e. The fourth-order valence-corrected chi connectivity index (χ4v) is 2.17. The molecule has 1 aliphatic rings. The molecule has 0 aliphatic carbocycles. The highest BCUT2D eigenvalue weighted by atomic mass is 15.2. The summed E-state index contributed by atoms with van der Waals surface area (Å²) >= 11 is 0. The number of nitriles is 1. The van der Waals surface area contributed by atoms with Crippen LogP contribution in [0.3, 0.4) is 0 Å². The molecule has 1 fully saturated rings. The van der Waals surface area contributed by atoms with Gasteiger partial charge in [-0.3, -0.25) is 4.90 Å². The minimum absolute atomic E-state index is 0.476. The van der Waals surface area contributed by atoms with Crippen molar-refractivity contribution in [1.29, 1.82) is 5.26 Å². The number of nitrogens with zero attached hydrogens (tertiary/aromatic N) is 2. The normalized spacial score (nSPS) is 21.6. The molecule has 3 heteroatoms. The van der Waals surface area contributed by atoms with Gasteiger partial charge in [-0.1, -0.05) is 30.3 Å². The average molecular weight is 215 g/mol. The van der Waals surface area contributed by atoms with Gasteiger partial charge in [0.1, 0.15) is 0 Å². The van der Waals surface area contributed by atoms with Crippen molar-refractivity contribution in [3.8, 4) is 6.07 Å². The highest BCUT2D eigenvalue weighted by Crippen LogP contribution is 2.07. The Kier molecular flexibility index (Phi) is 3.92. The fraction of sp³-hybridized carbons (Fsp3) is 0.462. The molecule has 0 saturated carbocycles. The number of benzene rings is 1. The van der Waals surface area contributed by atoms with Gasteiger partial charge in [0.25, 0.3) is 0 Å². The molecule has 0 bridgehead atoms. The Bertz CT molecular complexity index is 355. The number of rotatable bonds is 3. The molecular formula is C13H17N3. The van der Waals surface area contributed by atoms with Crippen LogP contribution in [-0.4, -0.2) is 37.1 Å². The maximum absolute atomic E-state index is 8.68. The van der Waals surface area contributed by atoms with Crippen molar-refractivity contribution in [1.82, 2.24) is 10.2 Å². The van der Waals surface area contributed by atoms with Crippen LogP contribution in [0.15, 0.2) is 30.3 Å². The summed E-state index contributed by atoms with van der Waals surface area (Å²) in [6.45, 7) is 3.49. The molecule has 3 nitrogen and oxygen atoms in total. The summed E-state index contributed by atoms with van der Waals surface area (Å²) in [5, 5.41) is 12.2. The molecule has 1 aromatic carbocycles. The number of hydrogen-bond donors (Lipinski definition) is 1. The maximum Gasteiger partial charge on any atom is 0.0866 e. The van der Waals surface area contributed by atoms with Gasteiger partial charge < -0.3 is 5.32 Å². The van der Waals surface area contributed by atoms with E-state index < -0.39 is 0 Å². The van der Waals surface area contributed by atoms with Gasteiger partial charge in [0.2, 0.25) is 0 Å². The molecule has 0 spiro atoms. The number of hydrogen-bond acceptors (Lipinski definition) is 3. The Morgan fingerprint density at radius 2 is 2.19 bits per heavy atom. The largest absolute Gasteiger partial charge is 0.311 e. The van der Waals surface area contributed by atoms with Crippen molar-refractivity contribution in [3.05, 3.63) is 35.9 Å². The minimum atomic E-state index is 0.476. The third kappa shape index (κ3) is 3.06. The Hall–Kier alpha value is -1.37. The molecule has 1 heterocycles. The second-order valence-corrected chi connectivity index (χ2v) is 4.23. The Balaban J connectivity index is 1.88. The molecule has 84 valence electrons. The van der Waals surface area contributed by atoms with Crippen LogP contribution in [0.5, 0.6) is 0 Å². The highest BCUT2D eigenvalue weighted by molar-refractivity contribution is 5.16. The van der Waals surface area contributed by atoms with Crippen LogP contribution in [0.2, 0.25) is 0 Å². The van der Waals surface area contributed by atoms with E-state index in [0.717, 1.165) is 26.1 Å². The summed E-state index contributed by atoms with van der Waals surface area (Å²) in [6.07, 6.45) is 1.04. The van der Waals surface area contributed by atoms with E-state index in [2.05, 4.69) is 40.6 Å². The molecule has 1 aromatic rings. The molecule has 1 atom stereocenters. The van der Waals surface area contributed by atoms with Crippen LogP contribution in [-0.2, 0) is 6.42 Å². The van der Waals surface area contributed by atoms with Gasteiger partial charge in [0.15, 0.2) is 0 Å². The summed E-state index contributed by atoms with van der Waals surface area (Å²) in [7, 11) is 0. The Morgan fingerprint density at radius 1 is 1.38 bits per heavy atom. The van der Waals surface area contributed by atoms with Crippen LogP contribution >= 0.6 is 0 Å². The van der Waals surface area contributed by atoms with Crippen LogP contribution < -0.4 is 5.32 Å². The first-order chi connectivity index (χ1) is 7.88. The van der Waals surface area contributed by atoms with Gasteiger partial charge in [-0.15, -0.1) is 0 Å². The fourth-order valence-electron chi connectivity index (χ4n) is 2.17. The van der Waals surface area contributed by atoms with E-state index in [4.69, 9.17) is 5.26 Å². The van der Waals surface area contributed by atoms with E-state index in [-0.39, 0.29) is 0 Å². The van der Waals surface area contributed by atoms with E-state index in [1.165, 1.54) is 5.56 Å². The quantitative estimate of drug-likeness (QED) is 0.765. The molecular weight excluding hydrogens is 198 g/mol. The Morgan fingerprint density at radius 3 is 2.94 bits per heavy atom. The lowest BCUT2D eigenvalue weighted by Crippen LogP contribution is -2.51. The molecule has 1 aliphatic heterocycles. The van der Waals surface area contributed by atoms with Gasteiger partial charge in [-0.25, -0.2) is 0 Å². The predicted molar refractivity (Wildman–Crippen MR) is 64.0 cm³/mol. The molecule has 0 amide bonds. The molecule has 1 saturated heterocycles. The van der Waals surface area contributed by atoms with Crippen LogP contribution in [0.1, 0.15) is 5.56 Å². The summed E-state index contributed by atoms with van der Waals surface area (Å²) in [4.78, 5) is 2.21. The molecule has 2 rings (SSSR count). The van der Waals surface area contributed by atoms with Crippen molar-refractivity contribution < 1.29 is 0 Å². The van der Waals surface area contributed by atoms with Crippen molar-refractivity contribution in [2.24, 2.45) is 0 Å². The lowest BCUT2D eigenvalue weighted by Gasteiger charge is -2.32. The summed E-state index contributed by atoms with van der Waals surface area (Å²) in [5.74, 6) is 0. The zero-order valence-electron chi connectivity index (χ0n) is 9.39. The third-order valence-electron chi connectivity index (χ3n) is 2.96. The van der Waals surface area contributed by atoms with Crippen LogP contribution in [0.25, 0.3) is 0 Å². The molecule has 0 aromatic heterocycles. The van der Waals surface area contributed by atoms with E-state index in [0.29, 0.717) is 12.6 Å². The summed E-state index contributed by atoms with van der Waals surface area (Å²) < 4.78 is 0. The lowest BCUT2D eigenvalue weighted by molar-refractivity contribution is 0.219. The monoisotopic (exact) mass is 215 g/mol. The van der Waals surface area contributed by atoms with E-state index in [1.54, 1.807) is 0 Å². The maximum atomic E-state index is 8.68. The van der Waals surface area contributed by atoms with Crippen LogP contribution in [0, 0.1) is 11.3 Å². The van der Waals surface area contributed by atoms with E-state index >= 15 is 0 Å². The Labute approximate surface area is 96.7 Å². The molecule has 16 heavy (non-hydrogen) atoms. The van der Waals surface area contributed by atoms with Gasteiger partial charge in [-0.05, 0) is 12.0 Å². The first kappa shape index (κ1) is 11.1. The standard InChI is InChI=1S/C13H17N3/c14-6-8-16-9-7-15-13(11-16)10-12-4-2-1-3-5-12/h1-5,13,15H,7-11H2/t13-/m1/s1. The molecule has 0 radical (unpaired) electrons. The zero-order valence-corrected chi connectivity index (χ0v) is 9.39. The van der Waals surface area contributed by atoms with Crippen LogP contribution in [0.4, 0.5) is 0 Å². The predicted octanol–water partition coefficient (Wildman–Crippen LogP) is 1.03. The first-order valence-electron chi connectivity index (χ1n) is 5.75. The number of nitrogens with one attached hydrogen (secondary N) is 1. The molecule has 1 N–H and O–H groups in total. The lowest BCUT2D eigenvalue weighted by atomic mass is 10.0.